The highest BCUT2D eigenvalue weighted by Gasteiger charge is 2.20. The minimum Gasteiger partial charge on any atom is -0.455 e. The summed E-state index contributed by atoms with van der Waals surface area (Å²) >= 11 is 0. The molecule has 3 aromatic carbocycles. The Hall–Kier alpha value is -3.63. The van der Waals surface area contributed by atoms with Crippen molar-refractivity contribution in [2.75, 3.05) is 0 Å². The molecule has 0 saturated carbocycles. The number of furan rings is 1. The molecule has 1 N–H and O–H groups in total. The summed E-state index contributed by atoms with van der Waals surface area (Å²) < 4.78 is 6.02. The maximum atomic E-state index is 13.2. The molecule has 0 aliphatic heterocycles. The normalized spacial score (nSPS) is 12.1. The van der Waals surface area contributed by atoms with Crippen molar-refractivity contribution in [2.24, 2.45) is 0 Å². The summed E-state index contributed by atoms with van der Waals surface area (Å²) in [6.45, 7) is 7.95. The van der Waals surface area contributed by atoms with E-state index >= 15 is 0 Å². The fourth-order valence-electron chi connectivity index (χ4n) is 4.27. The zero-order valence-corrected chi connectivity index (χ0v) is 20.8. The fourth-order valence-corrected chi connectivity index (χ4v) is 4.27. The van der Waals surface area contributed by atoms with Gasteiger partial charge >= 0.3 is 0 Å². The molecule has 4 nitrogen and oxygen atoms in total. The SMILES string of the molecule is Cc1cccc(CN(Cc2ccc(C(=O)NC(Cc3ccccc3)c3ccccc3)o2)C(C)C)c1. The molecule has 0 radical (unpaired) electrons. The Morgan fingerprint density at radius 2 is 1.51 bits per heavy atom. The van der Waals surface area contributed by atoms with E-state index in [-0.39, 0.29) is 11.9 Å². The third-order valence-electron chi connectivity index (χ3n) is 6.23. The number of hydrogen-bond acceptors (Lipinski definition) is 3. The molecule has 4 aromatic rings. The number of hydrogen-bond donors (Lipinski definition) is 1. The second-order valence-electron chi connectivity index (χ2n) is 9.38. The Morgan fingerprint density at radius 3 is 2.20 bits per heavy atom. The Balaban J connectivity index is 1.45. The molecule has 0 saturated heterocycles. The van der Waals surface area contributed by atoms with E-state index in [9.17, 15) is 4.79 Å². The quantitative estimate of drug-likeness (QED) is 0.282. The van der Waals surface area contributed by atoms with Crippen LogP contribution in [-0.4, -0.2) is 16.8 Å². The zero-order valence-electron chi connectivity index (χ0n) is 20.8. The van der Waals surface area contributed by atoms with Gasteiger partial charge in [-0.15, -0.1) is 0 Å². The summed E-state index contributed by atoms with van der Waals surface area (Å²) in [4.78, 5) is 15.5. The van der Waals surface area contributed by atoms with Crippen LogP contribution in [0.25, 0.3) is 0 Å². The van der Waals surface area contributed by atoms with Crippen LogP contribution >= 0.6 is 0 Å². The van der Waals surface area contributed by atoms with Crippen LogP contribution in [0.1, 0.15) is 58.5 Å². The van der Waals surface area contributed by atoms with Crippen molar-refractivity contribution in [3.8, 4) is 0 Å². The van der Waals surface area contributed by atoms with Gasteiger partial charge in [0.2, 0.25) is 0 Å². The Kier molecular flexibility index (Phi) is 8.17. The average Bonchev–Trinajstić information content (AvgIpc) is 3.33. The van der Waals surface area contributed by atoms with Crippen LogP contribution in [0.5, 0.6) is 0 Å². The van der Waals surface area contributed by atoms with E-state index in [1.54, 1.807) is 6.07 Å². The Labute approximate surface area is 208 Å². The molecule has 0 spiro atoms. The minimum atomic E-state index is -0.198. The van der Waals surface area contributed by atoms with Crippen LogP contribution < -0.4 is 5.32 Å². The maximum absolute atomic E-state index is 13.2. The topological polar surface area (TPSA) is 45.5 Å². The number of benzene rings is 3. The number of amides is 1. The highest BCUT2D eigenvalue weighted by molar-refractivity contribution is 5.91. The molecule has 0 aliphatic carbocycles. The van der Waals surface area contributed by atoms with Crippen molar-refractivity contribution < 1.29 is 9.21 Å². The lowest BCUT2D eigenvalue weighted by Gasteiger charge is -2.25. The first-order valence-electron chi connectivity index (χ1n) is 12.3. The van der Waals surface area contributed by atoms with E-state index < -0.39 is 0 Å². The Morgan fingerprint density at radius 1 is 0.829 bits per heavy atom. The predicted octanol–water partition coefficient (Wildman–Crippen LogP) is 6.71. The molecule has 1 amide bonds. The number of nitrogens with one attached hydrogen (secondary N) is 1. The molecule has 35 heavy (non-hydrogen) atoms. The third-order valence-corrected chi connectivity index (χ3v) is 6.23. The lowest BCUT2D eigenvalue weighted by molar-refractivity contribution is 0.0903. The first kappa shape index (κ1) is 24.5. The molecule has 1 atom stereocenters. The number of carbonyl (C=O) groups excluding carboxylic acids is 1. The Bertz CT molecular complexity index is 1210. The summed E-state index contributed by atoms with van der Waals surface area (Å²) in [6.07, 6.45) is 0.710. The number of carbonyl (C=O) groups is 1. The summed E-state index contributed by atoms with van der Waals surface area (Å²) in [5, 5.41) is 3.19. The monoisotopic (exact) mass is 466 g/mol. The highest BCUT2D eigenvalue weighted by Crippen LogP contribution is 2.21. The molecular weight excluding hydrogens is 432 g/mol. The van der Waals surface area contributed by atoms with Crippen LogP contribution in [0.3, 0.4) is 0 Å². The standard InChI is InChI=1S/C31H34N2O2/c1-23(2)33(21-26-14-10-11-24(3)19-26)22-28-17-18-30(35-28)31(34)32-29(27-15-8-5-9-16-27)20-25-12-6-4-7-13-25/h4-19,23,29H,20-22H2,1-3H3,(H,32,34). The molecule has 180 valence electrons. The van der Waals surface area contributed by atoms with Crippen LogP contribution in [0, 0.1) is 6.92 Å². The van der Waals surface area contributed by atoms with Gasteiger partial charge in [0.15, 0.2) is 5.76 Å². The number of nitrogens with zero attached hydrogens (tertiary/aromatic N) is 1. The summed E-state index contributed by atoms with van der Waals surface area (Å²) in [5.41, 5.74) is 4.77. The molecule has 1 unspecified atom stereocenters. The van der Waals surface area contributed by atoms with Crippen molar-refractivity contribution in [3.63, 3.8) is 0 Å². The maximum Gasteiger partial charge on any atom is 0.287 e. The summed E-state index contributed by atoms with van der Waals surface area (Å²) in [7, 11) is 0. The molecule has 0 fully saturated rings. The van der Waals surface area contributed by atoms with Gasteiger partial charge in [-0.25, -0.2) is 0 Å². The molecule has 0 bridgehead atoms. The van der Waals surface area contributed by atoms with Gasteiger partial charge in [-0.2, -0.15) is 0 Å². The van der Waals surface area contributed by atoms with Crippen LogP contribution in [0.15, 0.2) is 101 Å². The van der Waals surface area contributed by atoms with E-state index in [1.165, 1.54) is 16.7 Å². The molecule has 1 heterocycles. The number of aryl methyl sites for hydroxylation is 1. The van der Waals surface area contributed by atoms with E-state index in [2.05, 4.69) is 67.4 Å². The largest absolute Gasteiger partial charge is 0.455 e. The first-order chi connectivity index (χ1) is 17.0. The van der Waals surface area contributed by atoms with E-state index in [0.29, 0.717) is 24.8 Å². The number of rotatable bonds is 10. The summed E-state index contributed by atoms with van der Waals surface area (Å²) in [6, 6.07) is 32.8. The van der Waals surface area contributed by atoms with Crippen LogP contribution in [-0.2, 0) is 19.5 Å². The zero-order chi connectivity index (χ0) is 24.6. The van der Waals surface area contributed by atoms with Gasteiger partial charge in [0, 0.05) is 12.6 Å². The molecular formula is C31H34N2O2. The van der Waals surface area contributed by atoms with Crippen molar-refractivity contribution in [3.05, 3.63) is 131 Å². The summed E-state index contributed by atoms with van der Waals surface area (Å²) in [5.74, 6) is 0.930. The van der Waals surface area contributed by atoms with Gasteiger partial charge in [-0.05, 0) is 56.0 Å². The van der Waals surface area contributed by atoms with Crippen molar-refractivity contribution in [2.45, 2.75) is 52.4 Å². The van der Waals surface area contributed by atoms with Gasteiger partial charge in [0.1, 0.15) is 5.76 Å². The lowest BCUT2D eigenvalue weighted by Crippen LogP contribution is -2.30. The molecule has 1 aromatic heterocycles. The second kappa shape index (κ2) is 11.7. The van der Waals surface area contributed by atoms with E-state index in [1.807, 2.05) is 54.6 Å². The van der Waals surface area contributed by atoms with E-state index in [0.717, 1.165) is 17.9 Å². The second-order valence-corrected chi connectivity index (χ2v) is 9.38. The molecule has 4 rings (SSSR count). The lowest BCUT2D eigenvalue weighted by atomic mass is 9.99. The fraction of sp³-hybridized carbons (Fsp3) is 0.258. The van der Waals surface area contributed by atoms with Gasteiger partial charge in [0.05, 0.1) is 12.6 Å². The van der Waals surface area contributed by atoms with Gasteiger partial charge < -0.3 is 9.73 Å². The first-order valence-corrected chi connectivity index (χ1v) is 12.3. The molecule has 4 heteroatoms. The smallest absolute Gasteiger partial charge is 0.287 e. The minimum absolute atomic E-state index is 0.145. The van der Waals surface area contributed by atoms with Gasteiger partial charge in [0.25, 0.3) is 5.91 Å². The average molecular weight is 467 g/mol. The van der Waals surface area contributed by atoms with Crippen LogP contribution in [0.2, 0.25) is 0 Å². The van der Waals surface area contributed by atoms with Gasteiger partial charge in [-0.1, -0.05) is 90.5 Å². The van der Waals surface area contributed by atoms with Crippen LogP contribution in [0.4, 0.5) is 0 Å². The predicted molar refractivity (Wildman–Crippen MR) is 141 cm³/mol. The van der Waals surface area contributed by atoms with E-state index in [4.69, 9.17) is 4.42 Å². The van der Waals surface area contributed by atoms with Gasteiger partial charge in [-0.3, -0.25) is 9.69 Å². The van der Waals surface area contributed by atoms with Crippen molar-refractivity contribution in [1.29, 1.82) is 0 Å². The molecule has 0 aliphatic rings. The highest BCUT2D eigenvalue weighted by atomic mass is 16.4. The van der Waals surface area contributed by atoms with Crippen molar-refractivity contribution in [1.82, 2.24) is 10.2 Å². The third kappa shape index (κ3) is 6.93. The van der Waals surface area contributed by atoms with Crippen molar-refractivity contribution >= 4 is 5.91 Å².